The number of hydrogen-bond acceptors (Lipinski definition) is 2. The van der Waals surface area contributed by atoms with Crippen LogP contribution in [0.5, 0.6) is 0 Å². The largest absolute Gasteiger partial charge is 0.353 e. The average Bonchev–Trinajstić information content (AvgIpc) is 2.16. The number of benzene rings is 1. The Bertz CT molecular complexity index is 305. The van der Waals surface area contributed by atoms with Gasteiger partial charge in [0.25, 0.3) is 0 Å². The molecule has 0 aliphatic heterocycles. The number of halogens is 2. The van der Waals surface area contributed by atoms with Gasteiger partial charge in [0.1, 0.15) is 5.82 Å². The van der Waals surface area contributed by atoms with Crippen molar-refractivity contribution in [3.8, 4) is 0 Å². The van der Waals surface area contributed by atoms with Crippen molar-refractivity contribution in [2.24, 2.45) is 0 Å². The van der Waals surface area contributed by atoms with E-state index < -0.39 is 0 Å². The highest BCUT2D eigenvalue weighted by atomic mass is 35.5. The van der Waals surface area contributed by atoms with E-state index in [-0.39, 0.29) is 12.1 Å². The van der Waals surface area contributed by atoms with Gasteiger partial charge in [0.15, 0.2) is 6.29 Å². The van der Waals surface area contributed by atoms with Gasteiger partial charge in [0, 0.05) is 24.7 Å². The molecule has 4 heteroatoms. The van der Waals surface area contributed by atoms with Gasteiger partial charge in [-0.3, -0.25) is 0 Å². The van der Waals surface area contributed by atoms with Gasteiger partial charge in [0.2, 0.25) is 0 Å². The molecule has 0 radical (unpaired) electrons. The van der Waals surface area contributed by atoms with Gasteiger partial charge >= 0.3 is 0 Å². The van der Waals surface area contributed by atoms with Gasteiger partial charge in [-0.05, 0) is 37.6 Å². The summed E-state index contributed by atoms with van der Waals surface area (Å²) < 4.78 is 23.8. The number of rotatable bonds is 6. The lowest BCUT2D eigenvalue weighted by molar-refractivity contribution is -0.134. The van der Waals surface area contributed by atoms with Crippen LogP contribution >= 0.6 is 11.6 Å². The molecular weight excluding hydrogens is 231 g/mol. The Labute approximate surface area is 100 Å². The summed E-state index contributed by atoms with van der Waals surface area (Å²) in [5.41, 5.74) is 0.775. The first-order valence-electron chi connectivity index (χ1n) is 5.33. The summed E-state index contributed by atoms with van der Waals surface area (Å²) >= 11 is 5.77. The van der Waals surface area contributed by atoms with Crippen molar-refractivity contribution >= 4 is 11.6 Å². The van der Waals surface area contributed by atoms with Crippen LogP contribution in [0.3, 0.4) is 0 Å². The van der Waals surface area contributed by atoms with Crippen molar-refractivity contribution < 1.29 is 13.9 Å². The molecule has 0 heterocycles. The van der Waals surface area contributed by atoms with Crippen LogP contribution in [-0.4, -0.2) is 19.5 Å². The van der Waals surface area contributed by atoms with Gasteiger partial charge < -0.3 is 9.47 Å². The highest BCUT2D eigenvalue weighted by Crippen LogP contribution is 2.16. The van der Waals surface area contributed by atoms with Gasteiger partial charge in [-0.1, -0.05) is 11.6 Å². The van der Waals surface area contributed by atoms with Crippen LogP contribution < -0.4 is 0 Å². The quantitative estimate of drug-likeness (QED) is 0.716. The van der Waals surface area contributed by atoms with Crippen LogP contribution in [0.2, 0.25) is 5.02 Å². The van der Waals surface area contributed by atoms with E-state index in [2.05, 4.69) is 0 Å². The minimum atomic E-state index is -0.340. The lowest BCUT2D eigenvalue weighted by Gasteiger charge is -2.16. The Morgan fingerprint density at radius 3 is 2.31 bits per heavy atom. The summed E-state index contributed by atoms with van der Waals surface area (Å²) in [6, 6.07) is 4.44. The lowest BCUT2D eigenvalue weighted by Crippen LogP contribution is -2.20. The zero-order valence-corrected chi connectivity index (χ0v) is 10.3. The second-order valence-electron chi connectivity index (χ2n) is 3.32. The highest BCUT2D eigenvalue weighted by Gasteiger charge is 2.10. The third-order valence-electron chi connectivity index (χ3n) is 2.03. The molecule has 0 unspecified atom stereocenters. The molecule has 0 fully saturated rings. The first-order valence-corrected chi connectivity index (χ1v) is 5.71. The average molecular weight is 247 g/mol. The monoisotopic (exact) mass is 246 g/mol. The zero-order chi connectivity index (χ0) is 12.0. The molecule has 0 atom stereocenters. The molecule has 1 aromatic rings. The Kier molecular flexibility index (Phi) is 5.74. The first kappa shape index (κ1) is 13.4. The number of ether oxygens (including phenoxy) is 2. The molecule has 2 nitrogen and oxygen atoms in total. The first-order chi connectivity index (χ1) is 7.65. The second-order valence-corrected chi connectivity index (χ2v) is 3.76. The molecule has 0 bridgehead atoms. The summed E-state index contributed by atoms with van der Waals surface area (Å²) in [5, 5.41) is 0.391. The molecule has 0 aliphatic rings. The second kappa shape index (κ2) is 6.84. The predicted octanol–water partition coefficient (Wildman–Crippen LogP) is 3.42. The Balaban J connectivity index is 2.68. The van der Waals surface area contributed by atoms with Gasteiger partial charge in [-0.15, -0.1) is 0 Å². The van der Waals surface area contributed by atoms with E-state index in [1.165, 1.54) is 12.1 Å². The van der Waals surface area contributed by atoms with Crippen LogP contribution in [0.4, 0.5) is 4.39 Å². The topological polar surface area (TPSA) is 18.5 Å². The fourth-order valence-corrected chi connectivity index (χ4v) is 1.70. The fourth-order valence-electron chi connectivity index (χ4n) is 1.46. The Morgan fingerprint density at radius 1 is 1.19 bits per heavy atom. The standard InChI is InChI=1S/C12H16ClFO2/c1-3-15-12(16-4-2)7-9-5-10(13)8-11(14)6-9/h5-6,8,12H,3-4,7H2,1-2H3. The summed E-state index contributed by atoms with van der Waals surface area (Å²) in [5.74, 6) is -0.339. The summed E-state index contributed by atoms with van der Waals surface area (Å²) in [7, 11) is 0. The molecule has 0 aliphatic carbocycles. The smallest absolute Gasteiger partial charge is 0.161 e. The molecule has 0 amide bonds. The lowest BCUT2D eigenvalue weighted by atomic mass is 10.1. The number of hydrogen-bond donors (Lipinski definition) is 0. The summed E-state index contributed by atoms with van der Waals surface area (Å²) in [4.78, 5) is 0. The van der Waals surface area contributed by atoms with Crippen molar-refractivity contribution in [2.45, 2.75) is 26.6 Å². The maximum Gasteiger partial charge on any atom is 0.161 e. The molecule has 0 aromatic heterocycles. The van der Waals surface area contributed by atoms with E-state index in [1.807, 2.05) is 13.8 Å². The van der Waals surface area contributed by atoms with E-state index >= 15 is 0 Å². The maximum absolute atomic E-state index is 13.1. The summed E-state index contributed by atoms with van der Waals surface area (Å²) in [6.45, 7) is 4.91. The Hall–Kier alpha value is -0.640. The normalized spacial score (nSPS) is 11.1. The SMILES string of the molecule is CCOC(Cc1cc(F)cc(Cl)c1)OCC. The van der Waals surface area contributed by atoms with Gasteiger partial charge in [-0.25, -0.2) is 4.39 Å². The van der Waals surface area contributed by atoms with Gasteiger partial charge in [0.05, 0.1) is 0 Å². The molecule has 1 aromatic carbocycles. The molecule has 0 spiro atoms. The van der Waals surface area contributed by atoms with Gasteiger partial charge in [-0.2, -0.15) is 0 Å². The van der Waals surface area contributed by atoms with E-state index in [9.17, 15) is 4.39 Å². The minimum Gasteiger partial charge on any atom is -0.353 e. The predicted molar refractivity (Wildman–Crippen MR) is 62.2 cm³/mol. The molecule has 0 N–H and O–H groups in total. The Morgan fingerprint density at radius 2 is 1.81 bits per heavy atom. The van der Waals surface area contributed by atoms with Crippen LogP contribution in [0.25, 0.3) is 0 Å². The van der Waals surface area contributed by atoms with Crippen LogP contribution in [0.1, 0.15) is 19.4 Å². The third-order valence-corrected chi connectivity index (χ3v) is 2.25. The molecular formula is C12H16ClFO2. The minimum absolute atomic E-state index is 0.339. The molecule has 0 saturated heterocycles. The van der Waals surface area contributed by atoms with Crippen molar-refractivity contribution in [1.82, 2.24) is 0 Å². The van der Waals surface area contributed by atoms with Crippen molar-refractivity contribution in [1.29, 1.82) is 0 Å². The molecule has 16 heavy (non-hydrogen) atoms. The van der Waals surface area contributed by atoms with Crippen molar-refractivity contribution in [2.75, 3.05) is 13.2 Å². The van der Waals surface area contributed by atoms with E-state index in [4.69, 9.17) is 21.1 Å². The molecule has 0 saturated carbocycles. The maximum atomic E-state index is 13.1. The van der Waals surface area contributed by atoms with E-state index in [1.54, 1.807) is 6.07 Å². The van der Waals surface area contributed by atoms with E-state index in [0.29, 0.717) is 24.7 Å². The van der Waals surface area contributed by atoms with Crippen molar-refractivity contribution in [3.05, 3.63) is 34.6 Å². The molecule has 90 valence electrons. The highest BCUT2D eigenvalue weighted by molar-refractivity contribution is 6.30. The zero-order valence-electron chi connectivity index (χ0n) is 9.50. The van der Waals surface area contributed by atoms with Crippen LogP contribution in [0.15, 0.2) is 18.2 Å². The van der Waals surface area contributed by atoms with Crippen molar-refractivity contribution in [3.63, 3.8) is 0 Å². The fraction of sp³-hybridized carbons (Fsp3) is 0.500. The van der Waals surface area contributed by atoms with Crippen LogP contribution in [-0.2, 0) is 15.9 Å². The van der Waals surface area contributed by atoms with Crippen LogP contribution in [0, 0.1) is 5.82 Å². The molecule has 1 rings (SSSR count). The van der Waals surface area contributed by atoms with E-state index in [0.717, 1.165) is 5.56 Å². The third kappa shape index (κ3) is 4.47. The summed E-state index contributed by atoms with van der Waals surface area (Å²) in [6.07, 6.45) is 0.159.